The maximum Gasteiger partial charge on any atom is 0.352 e. The average Bonchev–Trinajstić information content (AvgIpc) is 3.07. The standard InChI is InChI=1S/C19H27N3O3S/c1-3-15-17(26-22-21-15)18(24)25-10-16(23)20-11(2)19-7-12-4-13(8-19)6-14(5-12)9-19/h11-14H,3-10H2,1-2H3,(H,20,23)/t11-,12?,13?,14?,19?/m0/s1. The van der Waals surface area contributed by atoms with Crippen molar-refractivity contribution in [2.75, 3.05) is 6.61 Å². The molecular formula is C19H27N3O3S. The van der Waals surface area contributed by atoms with Crippen LogP contribution in [0.5, 0.6) is 0 Å². The smallest absolute Gasteiger partial charge is 0.352 e. The molecule has 1 heterocycles. The number of hydrogen-bond donors (Lipinski definition) is 1. The number of nitrogens with one attached hydrogen (secondary N) is 1. The average molecular weight is 378 g/mol. The zero-order valence-corrected chi connectivity index (χ0v) is 16.3. The summed E-state index contributed by atoms with van der Waals surface area (Å²) in [6.07, 6.45) is 8.52. The number of nitrogens with zero attached hydrogens (tertiary/aromatic N) is 2. The van der Waals surface area contributed by atoms with Gasteiger partial charge >= 0.3 is 5.97 Å². The summed E-state index contributed by atoms with van der Waals surface area (Å²) in [5.74, 6) is 1.84. The molecular weight excluding hydrogens is 350 g/mol. The van der Waals surface area contributed by atoms with E-state index in [0.29, 0.717) is 17.0 Å². The van der Waals surface area contributed by atoms with E-state index in [9.17, 15) is 9.59 Å². The van der Waals surface area contributed by atoms with Gasteiger partial charge in [0.05, 0.1) is 5.69 Å². The van der Waals surface area contributed by atoms with Crippen molar-refractivity contribution in [3.8, 4) is 0 Å². The lowest BCUT2D eigenvalue weighted by Gasteiger charge is -2.59. The molecule has 1 atom stereocenters. The Morgan fingerprint density at radius 1 is 1.23 bits per heavy atom. The van der Waals surface area contributed by atoms with Crippen LogP contribution in [0.3, 0.4) is 0 Å². The summed E-state index contributed by atoms with van der Waals surface area (Å²) in [7, 11) is 0. The number of carbonyl (C=O) groups excluding carboxylic acids is 2. The van der Waals surface area contributed by atoms with Gasteiger partial charge in [-0.3, -0.25) is 4.79 Å². The van der Waals surface area contributed by atoms with Gasteiger partial charge in [0.25, 0.3) is 5.91 Å². The van der Waals surface area contributed by atoms with E-state index in [1.807, 2.05) is 6.92 Å². The van der Waals surface area contributed by atoms with Crippen molar-refractivity contribution in [3.63, 3.8) is 0 Å². The van der Waals surface area contributed by atoms with E-state index >= 15 is 0 Å². The third kappa shape index (κ3) is 3.26. The first-order chi connectivity index (χ1) is 12.5. The lowest BCUT2D eigenvalue weighted by atomic mass is 9.48. The zero-order valence-electron chi connectivity index (χ0n) is 15.5. The van der Waals surface area contributed by atoms with Gasteiger partial charge in [-0.25, -0.2) is 4.79 Å². The van der Waals surface area contributed by atoms with Crippen LogP contribution >= 0.6 is 11.5 Å². The van der Waals surface area contributed by atoms with Gasteiger partial charge in [0.2, 0.25) is 0 Å². The summed E-state index contributed by atoms with van der Waals surface area (Å²) in [5, 5.41) is 7.03. The molecule has 1 N–H and O–H groups in total. The molecule has 0 unspecified atom stereocenters. The number of esters is 1. The zero-order chi connectivity index (χ0) is 18.3. The molecule has 1 aromatic heterocycles. The van der Waals surface area contributed by atoms with Crippen molar-refractivity contribution in [1.29, 1.82) is 0 Å². The minimum absolute atomic E-state index is 0.137. The largest absolute Gasteiger partial charge is 0.451 e. The number of rotatable bonds is 6. The molecule has 4 bridgehead atoms. The molecule has 1 aromatic rings. The highest BCUT2D eigenvalue weighted by Crippen LogP contribution is 2.61. The second-order valence-electron chi connectivity index (χ2n) is 8.55. The van der Waals surface area contributed by atoms with Crippen LogP contribution < -0.4 is 5.32 Å². The van der Waals surface area contributed by atoms with E-state index in [1.54, 1.807) is 0 Å². The normalized spacial score (nSPS) is 33.1. The van der Waals surface area contributed by atoms with Gasteiger partial charge in [0.1, 0.15) is 0 Å². The van der Waals surface area contributed by atoms with E-state index in [-0.39, 0.29) is 24.0 Å². The van der Waals surface area contributed by atoms with Gasteiger partial charge in [0.15, 0.2) is 11.5 Å². The lowest BCUT2D eigenvalue weighted by molar-refractivity contribution is -0.128. The van der Waals surface area contributed by atoms with Crippen molar-refractivity contribution in [1.82, 2.24) is 14.9 Å². The van der Waals surface area contributed by atoms with Gasteiger partial charge in [0, 0.05) is 6.04 Å². The van der Waals surface area contributed by atoms with Gasteiger partial charge in [-0.15, -0.1) is 5.10 Å². The molecule has 4 fully saturated rings. The van der Waals surface area contributed by atoms with Crippen molar-refractivity contribution in [2.24, 2.45) is 23.2 Å². The van der Waals surface area contributed by atoms with E-state index in [2.05, 4.69) is 21.8 Å². The Hall–Kier alpha value is -1.50. The fraction of sp³-hybridized carbons (Fsp3) is 0.789. The van der Waals surface area contributed by atoms with Crippen molar-refractivity contribution in [2.45, 2.75) is 64.8 Å². The second-order valence-corrected chi connectivity index (χ2v) is 9.30. The van der Waals surface area contributed by atoms with E-state index in [0.717, 1.165) is 29.3 Å². The van der Waals surface area contributed by atoms with Crippen molar-refractivity contribution in [3.05, 3.63) is 10.6 Å². The van der Waals surface area contributed by atoms with Crippen LogP contribution in [0.1, 0.15) is 67.7 Å². The van der Waals surface area contributed by atoms with Crippen LogP contribution in [0.2, 0.25) is 0 Å². The monoisotopic (exact) mass is 377 g/mol. The van der Waals surface area contributed by atoms with Gasteiger partial charge in [-0.05, 0) is 86.6 Å². The minimum atomic E-state index is -0.505. The Kier molecular flexibility index (Phi) is 4.75. The second kappa shape index (κ2) is 6.91. The molecule has 26 heavy (non-hydrogen) atoms. The molecule has 0 spiro atoms. The molecule has 0 radical (unpaired) electrons. The van der Waals surface area contributed by atoms with Crippen molar-refractivity contribution < 1.29 is 14.3 Å². The Morgan fingerprint density at radius 3 is 2.42 bits per heavy atom. The Morgan fingerprint density at radius 2 is 1.85 bits per heavy atom. The fourth-order valence-electron chi connectivity index (χ4n) is 5.94. The van der Waals surface area contributed by atoms with Crippen LogP contribution in [-0.4, -0.2) is 34.1 Å². The van der Waals surface area contributed by atoms with Gasteiger partial charge < -0.3 is 10.1 Å². The first kappa shape index (κ1) is 17.9. The highest BCUT2D eigenvalue weighted by Gasteiger charge is 2.53. The molecule has 0 saturated heterocycles. The van der Waals surface area contributed by atoms with Crippen LogP contribution in [0.25, 0.3) is 0 Å². The number of aromatic nitrogens is 2. The van der Waals surface area contributed by atoms with Crippen LogP contribution in [-0.2, 0) is 16.0 Å². The quantitative estimate of drug-likeness (QED) is 0.771. The molecule has 5 rings (SSSR count). The molecule has 6 nitrogen and oxygen atoms in total. The summed E-state index contributed by atoms with van der Waals surface area (Å²) in [4.78, 5) is 24.9. The molecule has 0 aliphatic heterocycles. The molecule has 7 heteroatoms. The summed E-state index contributed by atoms with van der Waals surface area (Å²) in [6.45, 7) is 3.80. The SMILES string of the molecule is CCc1nnsc1C(=O)OCC(=O)N[C@@H](C)C12CC3CC(CC(C3)C1)C2. The fourth-order valence-corrected chi connectivity index (χ4v) is 6.58. The molecule has 0 aromatic carbocycles. The Bertz CT molecular complexity index is 667. The third-order valence-corrected chi connectivity index (χ3v) is 7.54. The maximum absolute atomic E-state index is 12.4. The Labute approximate surface area is 158 Å². The minimum Gasteiger partial charge on any atom is -0.451 e. The highest BCUT2D eigenvalue weighted by atomic mass is 32.1. The number of ether oxygens (including phenoxy) is 1. The maximum atomic E-state index is 12.4. The number of carbonyl (C=O) groups is 2. The molecule has 142 valence electrons. The number of amides is 1. The first-order valence-electron chi connectivity index (χ1n) is 9.77. The van der Waals surface area contributed by atoms with Gasteiger partial charge in [-0.1, -0.05) is 11.4 Å². The summed E-state index contributed by atoms with van der Waals surface area (Å²) >= 11 is 1.02. The third-order valence-electron chi connectivity index (χ3n) is 6.79. The number of hydrogen-bond acceptors (Lipinski definition) is 6. The van der Waals surface area contributed by atoms with Gasteiger partial charge in [-0.2, -0.15) is 0 Å². The summed E-state index contributed by atoms with van der Waals surface area (Å²) in [5.41, 5.74) is 0.883. The summed E-state index contributed by atoms with van der Waals surface area (Å²) in [6, 6.07) is 0.137. The number of aryl methyl sites for hydroxylation is 1. The topological polar surface area (TPSA) is 81.2 Å². The Balaban J connectivity index is 1.31. The first-order valence-corrected chi connectivity index (χ1v) is 10.5. The van der Waals surface area contributed by atoms with Crippen LogP contribution in [0.15, 0.2) is 0 Å². The lowest BCUT2D eigenvalue weighted by Crippen LogP contribution is -2.56. The molecule has 4 aliphatic rings. The molecule has 4 aliphatic carbocycles. The summed E-state index contributed by atoms with van der Waals surface area (Å²) < 4.78 is 8.98. The molecule has 1 amide bonds. The van der Waals surface area contributed by atoms with E-state index in [4.69, 9.17) is 4.74 Å². The van der Waals surface area contributed by atoms with Crippen molar-refractivity contribution >= 4 is 23.4 Å². The predicted molar refractivity (Wildman–Crippen MR) is 97.8 cm³/mol. The van der Waals surface area contributed by atoms with Crippen LogP contribution in [0, 0.1) is 23.2 Å². The predicted octanol–water partition coefficient (Wildman–Crippen LogP) is 2.98. The van der Waals surface area contributed by atoms with E-state index < -0.39 is 5.97 Å². The van der Waals surface area contributed by atoms with E-state index in [1.165, 1.54) is 38.5 Å². The molecule has 4 saturated carbocycles. The highest BCUT2D eigenvalue weighted by molar-refractivity contribution is 7.07. The van der Waals surface area contributed by atoms with Crippen LogP contribution in [0.4, 0.5) is 0 Å².